The highest BCUT2D eigenvalue weighted by molar-refractivity contribution is 5.98. The zero-order valence-corrected chi connectivity index (χ0v) is 19.1. The lowest BCUT2D eigenvalue weighted by molar-refractivity contribution is -0.137. The van der Waals surface area contributed by atoms with Gasteiger partial charge in [0.05, 0.1) is 0 Å². The van der Waals surface area contributed by atoms with Crippen molar-refractivity contribution < 1.29 is 28.6 Å². The van der Waals surface area contributed by atoms with E-state index >= 15 is 0 Å². The number of ether oxygens (including phenoxy) is 3. The van der Waals surface area contributed by atoms with Crippen LogP contribution in [0, 0.1) is 5.92 Å². The van der Waals surface area contributed by atoms with Gasteiger partial charge in [-0.15, -0.1) is 0 Å². The maximum absolute atomic E-state index is 13.1. The Balaban J connectivity index is 1.34. The molecule has 174 valence electrons. The highest BCUT2D eigenvalue weighted by Gasteiger charge is 2.40. The van der Waals surface area contributed by atoms with Crippen LogP contribution in [0.25, 0.3) is 0 Å². The Morgan fingerprint density at radius 1 is 0.969 bits per heavy atom. The Hall–Kier alpha value is -2.77. The second-order valence-electron chi connectivity index (χ2n) is 9.65. The number of nitrogens with zero attached hydrogens (tertiary/aromatic N) is 2. The van der Waals surface area contributed by atoms with Gasteiger partial charge in [0, 0.05) is 31.1 Å². The highest BCUT2D eigenvalue weighted by atomic mass is 16.6. The zero-order chi connectivity index (χ0) is 22.9. The summed E-state index contributed by atoms with van der Waals surface area (Å²) in [6.45, 7) is 8.01. The summed E-state index contributed by atoms with van der Waals surface area (Å²) in [5, 5.41) is 0. The van der Waals surface area contributed by atoms with Gasteiger partial charge in [-0.05, 0) is 64.7 Å². The molecule has 1 atom stereocenters. The third-order valence-corrected chi connectivity index (χ3v) is 6.17. The number of carbonyl (C=O) groups excluding carboxylic acids is 3. The maximum atomic E-state index is 13.1. The number of likely N-dealkylation sites (tertiary alicyclic amines) is 2. The van der Waals surface area contributed by atoms with Crippen LogP contribution in [0.2, 0.25) is 0 Å². The van der Waals surface area contributed by atoms with E-state index in [0.29, 0.717) is 69.2 Å². The van der Waals surface area contributed by atoms with E-state index in [4.69, 9.17) is 14.2 Å². The zero-order valence-electron chi connectivity index (χ0n) is 19.1. The third-order valence-electron chi connectivity index (χ3n) is 6.17. The van der Waals surface area contributed by atoms with Crippen LogP contribution in [0.15, 0.2) is 18.2 Å². The smallest absolute Gasteiger partial charge is 0.410 e. The molecule has 2 saturated heterocycles. The minimum atomic E-state index is -0.597. The largest absolute Gasteiger partial charge is 0.486 e. The van der Waals surface area contributed by atoms with Crippen molar-refractivity contribution in [3.63, 3.8) is 0 Å². The Labute approximate surface area is 188 Å². The number of piperidine rings is 1. The normalized spacial score (nSPS) is 21.4. The lowest BCUT2D eigenvalue weighted by Crippen LogP contribution is -2.51. The van der Waals surface area contributed by atoms with Crippen molar-refractivity contribution >= 4 is 17.8 Å². The van der Waals surface area contributed by atoms with Gasteiger partial charge >= 0.3 is 6.09 Å². The first-order chi connectivity index (χ1) is 15.2. The molecule has 8 nitrogen and oxygen atoms in total. The average Bonchev–Trinajstić information content (AvgIpc) is 3.27. The number of hydrogen-bond acceptors (Lipinski definition) is 6. The van der Waals surface area contributed by atoms with Gasteiger partial charge in [0.1, 0.15) is 24.9 Å². The van der Waals surface area contributed by atoms with E-state index in [1.165, 1.54) is 0 Å². The van der Waals surface area contributed by atoms with Crippen LogP contribution in [0.3, 0.4) is 0 Å². The lowest BCUT2D eigenvalue weighted by atomic mass is 9.88. The minimum Gasteiger partial charge on any atom is -0.486 e. The van der Waals surface area contributed by atoms with Crippen LogP contribution in [0.5, 0.6) is 11.5 Å². The maximum Gasteiger partial charge on any atom is 0.410 e. The third kappa shape index (κ3) is 4.84. The molecule has 0 N–H and O–H groups in total. The van der Waals surface area contributed by atoms with E-state index in [1.54, 1.807) is 28.0 Å². The molecule has 3 aliphatic rings. The van der Waals surface area contributed by atoms with Gasteiger partial charge in [-0.1, -0.05) is 0 Å². The first-order valence-electron chi connectivity index (χ1n) is 11.5. The van der Waals surface area contributed by atoms with Gasteiger partial charge in [0.2, 0.25) is 5.91 Å². The number of carbonyl (C=O) groups is 3. The Morgan fingerprint density at radius 2 is 1.66 bits per heavy atom. The van der Waals surface area contributed by atoms with Crippen molar-refractivity contribution in [3.8, 4) is 11.5 Å². The Morgan fingerprint density at radius 3 is 2.34 bits per heavy atom. The molecule has 8 heteroatoms. The molecular weight excluding hydrogens is 412 g/mol. The number of ketones is 1. The number of rotatable bonds is 3. The van der Waals surface area contributed by atoms with Crippen LogP contribution < -0.4 is 9.47 Å². The molecule has 0 radical (unpaired) electrons. The molecule has 0 unspecified atom stereocenters. The van der Waals surface area contributed by atoms with Crippen molar-refractivity contribution in [1.29, 1.82) is 0 Å². The summed E-state index contributed by atoms with van der Waals surface area (Å²) < 4.78 is 16.6. The summed E-state index contributed by atoms with van der Waals surface area (Å²) in [6.07, 6.45) is 2.22. The van der Waals surface area contributed by atoms with Gasteiger partial charge in [0.15, 0.2) is 17.3 Å². The van der Waals surface area contributed by atoms with Gasteiger partial charge < -0.3 is 19.1 Å². The van der Waals surface area contributed by atoms with Crippen LogP contribution >= 0.6 is 0 Å². The lowest BCUT2D eigenvalue weighted by Gasteiger charge is -2.35. The molecular formula is C24H32N2O6. The molecule has 1 aromatic carbocycles. The topological polar surface area (TPSA) is 85.4 Å². The summed E-state index contributed by atoms with van der Waals surface area (Å²) in [5.74, 6) is 1.17. The molecule has 2 amide bonds. The van der Waals surface area contributed by atoms with Crippen LogP contribution in [0.1, 0.15) is 56.8 Å². The van der Waals surface area contributed by atoms with E-state index in [0.717, 1.165) is 6.42 Å². The molecule has 0 spiro atoms. The number of benzene rings is 1. The summed E-state index contributed by atoms with van der Waals surface area (Å²) in [5.41, 5.74) is 0.0192. The Bertz CT molecular complexity index is 885. The number of amides is 2. The van der Waals surface area contributed by atoms with Crippen molar-refractivity contribution in [1.82, 2.24) is 9.80 Å². The predicted molar refractivity (Wildman–Crippen MR) is 117 cm³/mol. The van der Waals surface area contributed by atoms with Gasteiger partial charge in [0.25, 0.3) is 0 Å². The molecule has 2 fully saturated rings. The summed E-state index contributed by atoms with van der Waals surface area (Å²) in [4.78, 5) is 42.0. The molecule has 3 heterocycles. The second kappa shape index (κ2) is 9.00. The molecule has 32 heavy (non-hydrogen) atoms. The number of fused-ring (bicyclic) bond motifs is 1. The number of Topliss-reactive ketones (excluding diaryl/α,β-unsaturated/α-hetero) is 1. The average molecular weight is 445 g/mol. The fraction of sp³-hybridized carbons (Fsp3) is 0.625. The van der Waals surface area contributed by atoms with Gasteiger partial charge in [-0.3, -0.25) is 14.5 Å². The molecule has 0 aliphatic carbocycles. The fourth-order valence-electron chi connectivity index (χ4n) is 4.57. The summed E-state index contributed by atoms with van der Waals surface area (Å²) >= 11 is 0. The second-order valence-corrected chi connectivity index (χ2v) is 9.65. The van der Waals surface area contributed by atoms with Crippen molar-refractivity contribution in [2.45, 2.75) is 58.1 Å². The number of hydrogen-bond donors (Lipinski definition) is 0. The standard InChI is InChI=1S/C24H32N2O6/c1-24(2,3)32-23(29)26-10-4-5-18(26)22(28)25-11-8-16(9-12-25)21(27)17-6-7-19-20(15-17)31-14-13-30-19/h6-7,15-16,18H,4-5,8-14H2,1-3H3/t18-/m0/s1. The first kappa shape index (κ1) is 22.4. The molecule has 0 aromatic heterocycles. The van der Waals surface area contributed by atoms with Crippen LogP contribution in [-0.4, -0.2) is 72.1 Å². The quantitative estimate of drug-likeness (QED) is 0.665. The highest BCUT2D eigenvalue weighted by Crippen LogP contribution is 2.33. The van der Waals surface area contributed by atoms with Crippen LogP contribution in [-0.2, 0) is 9.53 Å². The SMILES string of the molecule is CC(C)(C)OC(=O)N1CCC[C@H]1C(=O)N1CCC(C(=O)c2ccc3c(c2)OCCO3)CC1. The van der Waals surface area contributed by atoms with Gasteiger partial charge in [-0.2, -0.15) is 0 Å². The van der Waals surface area contributed by atoms with E-state index in [-0.39, 0.29) is 17.6 Å². The Kier molecular flexibility index (Phi) is 6.31. The van der Waals surface area contributed by atoms with Gasteiger partial charge in [-0.25, -0.2) is 4.79 Å². The van der Waals surface area contributed by atoms with Crippen LogP contribution in [0.4, 0.5) is 4.79 Å². The monoisotopic (exact) mass is 444 g/mol. The molecule has 4 rings (SSSR count). The minimum absolute atomic E-state index is 0.0430. The van der Waals surface area contributed by atoms with Crippen molar-refractivity contribution in [2.24, 2.45) is 5.92 Å². The predicted octanol–water partition coefficient (Wildman–Crippen LogP) is 3.28. The van der Waals surface area contributed by atoms with Crippen molar-refractivity contribution in [3.05, 3.63) is 23.8 Å². The van der Waals surface area contributed by atoms with Crippen molar-refractivity contribution in [2.75, 3.05) is 32.8 Å². The van der Waals surface area contributed by atoms with E-state index < -0.39 is 17.7 Å². The van der Waals surface area contributed by atoms with E-state index in [9.17, 15) is 14.4 Å². The fourth-order valence-corrected chi connectivity index (χ4v) is 4.57. The molecule has 0 bridgehead atoms. The first-order valence-corrected chi connectivity index (χ1v) is 11.5. The van der Waals surface area contributed by atoms with E-state index in [1.807, 2.05) is 20.8 Å². The summed E-state index contributed by atoms with van der Waals surface area (Å²) in [6, 6.07) is 4.84. The summed E-state index contributed by atoms with van der Waals surface area (Å²) in [7, 11) is 0. The van der Waals surface area contributed by atoms with E-state index in [2.05, 4.69) is 0 Å². The molecule has 0 saturated carbocycles. The molecule has 1 aromatic rings. The molecule has 3 aliphatic heterocycles.